The first-order valence-corrected chi connectivity index (χ1v) is 7.67. The van der Waals surface area contributed by atoms with E-state index in [0.717, 1.165) is 12.0 Å². The summed E-state index contributed by atoms with van der Waals surface area (Å²) in [6, 6.07) is 5.49. The SMILES string of the molecule is Cc1cccc(C(=O)NCC(Br)CC(C)(C)C)c1Cl. The van der Waals surface area contributed by atoms with Crippen molar-refractivity contribution in [2.24, 2.45) is 5.41 Å². The fourth-order valence-electron chi connectivity index (χ4n) is 1.86. The fraction of sp³-hybridized carbons (Fsp3) is 0.533. The average molecular weight is 347 g/mol. The Kier molecular flexibility index (Phi) is 5.87. The van der Waals surface area contributed by atoms with Crippen LogP contribution in [0.1, 0.15) is 43.1 Å². The Labute approximate surface area is 129 Å². The van der Waals surface area contributed by atoms with Gasteiger partial charge in [0.05, 0.1) is 10.6 Å². The van der Waals surface area contributed by atoms with Crippen LogP contribution in [-0.4, -0.2) is 17.3 Å². The number of carbonyl (C=O) groups excluding carboxylic acids is 1. The molecule has 0 aliphatic heterocycles. The summed E-state index contributed by atoms with van der Waals surface area (Å²) in [4.78, 5) is 12.3. The topological polar surface area (TPSA) is 29.1 Å². The monoisotopic (exact) mass is 345 g/mol. The van der Waals surface area contributed by atoms with E-state index in [2.05, 4.69) is 42.0 Å². The smallest absolute Gasteiger partial charge is 0.252 e. The summed E-state index contributed by atoms with van der Waals surface area (Å²) in [6.07, 6.45) is 0.995. The number of hydrogen-bond donors (Lipinski definition) is 1. The van der Waals surface area contributed by atoms with Gasteiger partial charge in [0.15, 0.2) is 0 Å². The van der Waals surface area contributed by atoms with Gasteiger partial charge in [-0.3, -0.25) is 4.79 Å². The third-order valence-corrected chi connectivity index (χ3v) is 3.90. The van der Waals surface area contributed by atoms with E-state index in [-0.39, 0.29) is 16.1 Å². The predicted octanol–water partition coefficient (Wildman–Crippen LogP) is 4.58. The van der Waals surface area contributed by atoms with Gasteiger partial charge in [-0.2, -0.15) is 0 Å². The first-order chi connectivity index (χ1) is 8.70. The van der Waals surface area contributed by atoms with E-state index in [1.54, 1.807) is 6.07 Å². The van der Waals surface area contributed by atoms with Gasteiger partial charge < -0.3 is 5.32 Å². The van der Waals surface area contributed by atoms with E-state index in [4.69, 9.17) is 11.6 Å². The zero-order valence-corrected chi connectivity index (χ0v) is 14.2. The standard InChI is InChI=1S/C15H21BrClNO/c1-10-6-5-7-12(13(10)17)14(19)18-9-11(16)8-15(2,3)4/h5-7,11H,8-9H2,1-4H3,(H,18,19). The lowest BCUT2D eigenvalue weighted by Gasteiger charge is -2.22. The summed E-state index contributed by atoms with van der Waals surface area (Å²) in [6.45, 7) is 9.04. The van der Waals surface area contributed by atoms with Crippen molar-refractivity contribution in [1.82, 2.24) is 5.32 Å². The first kappa shape index (κ1) is 16.5. The number of aryl methyl sites for hydroxylation is 1. The molecule has 1 unspecified atom stereocenters. The number of alkyl halides is 1. The van der Waals surface area contributed by atoms with E-state index in [1.165, 1.54) is 0 Å². The molecule has 19 heavy (non-hydrogen) atoms. The Balaban J connectivity index is 2.59. The Hall–Kier alpha value is -0.540. The van der Waals surface area contributed by atoms with E-state index >= 15 is 0 Å². The number of benzene rings is 1. The maximum absolute atomic E-state index is 12.1. The minimum Gasteiger partial charge on any atom is -0.351 e. The van der Waals surface area contributed by atoms with Gasteiger partial charge in [0.25, 0.3) is 5.91 Å². The second kappa shape index (κ2) is 6.76. The quantitative estimate of drug-likeness (QED) is 0.794. The van der Waals surface area contributed by atoms with E-state index in [9.17, 15) is 4.79 Å². The fourth-order valence-corrected chi connectivity index (χ4v) is 3.20. The summed E-state index contributed by atoms with van der Waals surface area (Å²) < 4.78 is 0. The second-order valence-electron chi connectivity index (χ2n) is 6.01. The zero-order valence-electron chi connectivity index (χ0n) is 11.9. The summed E-state index contributed by atoms with van der Waals surface area (Å²) in [5, 5.41) is 3.45. The van der Waals surface area contributed by atoms with Crippen LogP contribution in [0.25, 0.3) is 0 Å². The molecule has 0 bridgehead atoms. The highest BCUT2D eigenvalue weighted by molar-refractivity contribution is 9.09. The molecule has 0 heterocycles. The van der Waals surface area contributed by atoms with Gasteiger partial charge in [0, 0.05) is 11.4 Å². The lowest BCUT2D eigenvalue weighted by atomic mass is 9.90. The zero-order chi connectivity index (χ0) is 14.6. The molecule has 0 aliphatic rings. The van der Waals surface area contributed by atoms with Gasteiger partial charge in [0.2, 0.25) is 0 Å². The minimum atomic E-state index is -0.118. The van der Waals surface area contributed by atoms with Crippen LogP contribution in [0.4, 0.5) is 0 Å². The molecule has 2 nitrogen and oxygen atoms in total. The van der Waals surface area contributed by atoms with Crippen LogP contribution in [0.15, 0.2) is 18.2 Å². The molecular formula is C15H21BrClNO. The van der Waals surface area contributed by atoms with Crippen LogP contribution in [0.5, 0.6) is 0 Å². The predicted molar refractivity (Wildman–Crippen MR) is 85.3 cm³/mol. The van der Waals surface area contributed by atoms with Gasteiger partial charge in [-0.15, -0.1) is 0 Å². The average Bonchev–Trinajstić information content (AvgIpc) is 2.27. The largest absolute Gasteiger partial charge is 0.351 e. The van der Waals surface area contributed by atoms with Crippen molar-refractivity contribution >= 4 is 33.4 Å². The molecule has 0 saturated carbocycles. The summed E-state index contributed by atoms with van der Waals surface area (Å²) >= 11 is 9.74. The van der Waals surface area contributed by atoms with Gasteiger partial charge in [0.1, 0.15) is 0 Å². The Morgan fingerprint density at radius 1 is 1.42 bits per heavy atom. The van der Waals surface area contributed by atoms with Crippen LogP contribution < -0.4 is 5.32 Å². The number of nitrogens with one attached hydrogen (secondary N) is 1. The molecule has 1 rings (SSSR count). The van der Waals surface area contributed by atoms with Crippen molar-refractivity contribution in [1.29, 1.82) is 0 Å². The van der Waals surface area contributed by atoms with Crippen molar-refractivity contribution < 1.29 is 4.79 Å². The van der Waals surface area contributed by atoms with Crippen LogP contribution in [0.2, 0.25) is 5.02 Å². The molecule has 0 saturated heterocycles. The normalized spacial score (nSPS) is 13.2. The van der Waals surface area contributed by atoms with Crippen molar-refractivity contribution in [2.75, 3.05) is 6.54 Å². The van der Waals surface area contributed by atoms with E-state index in [1.807, 2.05) is 19.1 Å². The molecule has 0 aromatic heterocycles. The first-order valence-electron chi connectivity index (χ1n) is 6.38. The minimum absolute atomic E-state index is 0.118. The van der Waals surface area contributed by atoms with Crippen LogP contribution >= 0.6 is 27.5 Å². The maximum Gasteiger partial charge on any atom is 0.252 e. The number of hydrogen-bond acceptors (Lipinski definition) is 1. The molecule has 0 aliphatic carbocycles. The molecular weight excluding hydrogens is 326 g/mol. The van der Waals surface area contributed by atoms with Crippen molar-refractivity contribution in [2.45, 2.75) is 38.9 Å². The van der Waals surface area contributed by atoms with Crippen molar-refractivity contribution in [3.63, 3.8) is 0 Å². The number of carbonyl (C=O) groups is 1. The van der Waals surface area contributed by atoms with E-state index in [0.29, 0.717) is 17.1 Å². The molecule has 0 fully saturated rings. The van der Waals surface area contributed by atoms with Gasteiger partial charge in [-0.1, -0.05) is 60.4 Å². The highest BCUT2D eigenvalue weighted by Crippen LogP contribution is 2.24. The summed E-state index contributed by atoms with van der Waals surface area (Å²) in [7, 11) is 0. The molecule has 0 radical (unpaired) electrons. The Bertz CT molecular complexity index is 454. The number of rotatable bonds is 4. The third-order valence-electron chi connectivity index (χ3n) is 2.75. The lowest BCUT2D eigenvalue weighted by Crippen LogP contribution is -2.31. The maximum atomic E-state index is 12.1. The Morgan fingerprint density at radius 2 is 2.05 bits per heavy atom. The number of halogens is 2. The molecule has 1 amide bonds. The van der Waals surface area contributed by atoms with Gasteiger partial charge in [-0.25, -0.2) is 0 Å². The molecule has 1 aromatic rings. The number of amides is 1. The van der Waals surface area contributed by atoms with Gasteiger partial charge >= 0.3 is 0 Å². The van der Waals surface area contributed by atoms with Crippen LogP contribution in [0.3, 0.4) is 0 Å². The van der Waals surface area contributed by atoms with Crippen molar-refractivity contribution in [3.8, 4) is 0 Å². The van der Waals surface area contributed by atoms with Crippen LogP contribution in [0, 0.1) is 12.3 Å². The third kappa shape index (κ3) is 5.53. The summed E-state index contributed by atoms with van der Waals surface area (Å²) in [5.74, 6) is -0.118. The lowest BCUT2D eigenvalue weighted by molar-refractivity contribution is 0.0952. The molecule has 1 N–H and O–H groups in total. The molecule has 4 heteroatoms. The second-order valence-corrected chi connectivity index (χ2v) is 7.68. The van der Waals surface area contributed by atoms with Gasteiger partial charge in [-0.05, 0) is 30.4 Å². The molecule has 1 aromatic carbocycles. The molecule has 1 atom stereocenters. The van der Waals surface area contributed by atoms with Crippen LogP contribution in [-0.2, 0) is 0 Å². The van der Waals surface area contributed by atoms with Crippen molar-refractivity contribution in [3.05, 3.63) is 34.3 Å². The molecule has 106 valence electrons. The highest BCUT2D eigenvalue weighted by Gasteiger charge is 2.18. The highest BCUT2D eigenvalue weighted by atomic mass is 79.9. The van der Waals surface area contributed by atoms with E-state index < -0.39 is 0 Å². The summed E-state index contributed by atoms with van der Waals surface area (Å²) in [5.41, 5.74) is 1.69. The molecule has 0 spiro atoms. The Morgan fingerprint density at radius 3 is 2.63 bits per heavy atom.